The number of hydrogen-bond acceptors (Lipinski definition) is 2. The summed E-state index contributed by atoms with van der Waals surface area (Å²) in [5.41, 5.74) is 11.7. The minimum Gasteiger partial charge on any atom is -0.399 e. The van der Waals surface area contributed by atoms with E-state index in [4.69, 9.17) is 5.73 Å². The van der Waals surface area contributed by atoms with Crippen molar-refractivity contribution in [3.8, 4) is 0 Å². The van der Waals surface area contributed by atoms with Gasteiger partial charge in [-0.05, 0) is 42.3 Å². The number of aryl methyl sites for hydroxylation is 1. The van der Waals surface area contributed by atoms with E-state index in [1.165, 1.54) is 5.56 Å². The van der Waals surface area contributed by atoms with Crippen molar-refractivity contribution in [3.05, 3.63) is 101 Å². The van der Waals surface area contributed by atoms with Gasteiger partial charge >= 0.3 is 0 Å². The Labute approximate surface area is 164 Å². The lowest BCUT2D eigenvalue weighted by atomic mass is 10.1. The van der Waals surface area contributed by atoms with Crippen molar-refractivity contribution in [1.29, 1.82) is 0 Å². The van der Waals surface area contributed by atoms with Crippen molar-refractivity contribution in [2.45, 2.75) is 20.0 Å². The molecule has 0 aliphatic carbocycles. The van der Waals surface area contributed by atoms with Crippen molar-refractivity contribution in [2.24, 2.45) is 0 Å². The first kappa shape index (κ1) is 17.9. The molecular formula is C24H23N3O. The lowest BCUT2D eigenvalue weighted by Crippen LogP contribution is -2.25. The number of amides is 1. The maximum Gasteiger partial charge on any atom is 0.268 e. The summed E-state index contributed by atoms with van der Waals surface area (Å²) in [5, 5.41) is 4.01. The number of fused-ring (bicyclic) bond motifs is 1. The molecule has 0 aliphatic rings. The number of carbonyl (C=O) groups excluding carboxylic acids is 1. The second-order valence-electron chi connectivity index (χ2n) is 7.09. The van der Waals surface area contributed by atoms with Crippen LogP contribution in [0.1, 0.15) is 27.2 Å². The molecule has 3 aromatic carbocycles. The zero-order valence-electron chi connectivity index (χ0n) is 15.9. The fourth-order valence-corrected chi connectivity index (χ4v) is 3.51. The summed E-state index contributed by atoms with van der Waals surface area (Å²) in [6, 6.07) is 26.0. The fourth-order valence-electron chi connectivity index (χ4n) is 3.51. The maximum absolute atomic E-state index is 13.0. The number of rotatable bonds is 5. The maximum atomic E-state index is 13.0. The van der Waals surface area contributed by atoms with Crippen LogP contribution in [0.25, 0.3) is 10.9 Å². The molecule has 1 aromatic heterocycles. The highest BCUT2D eigenvalue weighted by molar-refractivity contribution is 5.99. The Morgan fingerprint density at radius 1 is 0.929 bits per heavy atom. The van der Waals surface area contributed by atoms with Gasteiger partial charge in [0.25, 0.3) is 5.91 Å². The van der Waals surface area contributed by atoms with Crippen LogP contribution in [0, 0.1) is 6.92 Å². The van der Waals surface area contributed by atoms with Crippen LogP contribution in [-0.4, -0.2) is 10.5 Å². The molecule has 0 saturated carbocycles. The second kappa shape index (κ2) is 7.61. The van der Waals surface area contributed by atoms with Crippen molar-refractivity contribution < 1.29 is 4.79 Å². The summed E-state index contributed by atoms with van der Waals surface area (Å²) < 4.78 is 2.06. The van der Waals surface area contributed by atoms with E-state index in [1.807, 2.05) is 60.7 Å². The number of nitrogens with one attached hydrogen (secondary N) is 1. The third-order valence-electron chi connectivity index (χ3n) is 4.88. The van der Waals surface area contributed by atoms with Crippen LogP contribution in [0.4, 0.5) is 5.69 Å². The van der Waals surface area contributed by atoms with Gasteiger partial charge < -0.3 is 15.6 Å². The second-order valence-corrected chi connectivity index (χ2v) is 7.09. The van der Waals surface area contributed by atoms with Crippen molar-refractivity contribution in [2.75, 3.05) is 5.73 Å². The van der Waals surface area contributed by atoms with Crippen LogP contribution in [0.15, 0.2) is 78.9 Å². The fraction of sp³-hybridized carbons (Fsp3) is 0.125. The molecule has 0 atom stereocenters. The summed E-state index contributed by atoms with van der Waals surface area (Å²) in [6.45, 7) is 3.20. The predicted octanol–water partition coefficient (Wildman–Crippen LogP) is 4.51. The van der Waals surface area contributed by atoms with Gasteiger partial charge in [-0.1, -0.05) is 60.2 Å². The van der Waals surface area contributed by atoms with Gasteiger partial charge in [-0.15, -0.1) is 0 Å². The molecule has 1 heterocycles. The Bertz CT molecular complexity index is 1130. The molecule has 4 rings (SSSR count). The van der Waals surface area contributed by atoms with Gasteiger partial charge in [0.1, 0.15) is 5.69 Å². The van der Waals surface area contributed by atoms with E-state index in [0.717, 1.165) is 22.0 Å². The Hall–Kier alpha value is -3.53. The Morgan fingerprint density at radius 2 is 1.71 bits per heavy atom. The molecule has 140 valence electrons. The largest absolute Gasteiger partial charge is 0.399 e. The van der Waals surface area contributed by atoms with Crippen molar-refractivity contribution in [3.63, 3.8) is 0 Å². The number of nitrogens with zero attached hydrogens (tertiary/aromatic N) is 1. The molecular weight excluding hydrogens is 346 g/mol. The number of nitrogens with two attached hydrogens (primary N) is 1. The number of benzene rings is 3. The van der Waals surface area contributed by atoms with Crippen LogP contribution in [0.2, 0.25) is 0 Å². The van der Waals surface area contributed by atoms with Crippen molar-refractivity contribution in [1.82, 2.24) is 9.88 Å². The molecule has 1 amide bonds. The first-order valence-corrected chi connectivity index (χ1v) is 9.36. The summed E-state index contributed by atoms with van der Waals surface area (Å²) in [5.74, 6) is -0.0914. The summed E-state index contributed by atoms with van der Waals surface area (Å²) in [4.78, 5) is 13.0. The summed E-state index contributed by atoms with van der Waals surface area (Å²) in [6.07, 6.45) is 0. The highest BCUT2D eigenvalue weighted by Crippen LogP contribution is 2.24. The van der Waals surface area contributed by atoms with Gasteiger partial charge in [0.2, 0.25) is 0 Å². The molecule has 0 radical (unpaired) electrons. The van der Waals surface area contributed by atoms with Gasteiger partial charge in [0.05, 0.1) is 0 Å². The molecule has 0 saturated heterocycles. The first-order valence-electron chi connectivity index (χ1n) is 9.36. The van der Waals surface area contributed by atoms with E-state index >= 15 is 0 Å². The third kappa shape index (κ3) is 3.76. The molecule has 3 N–H and O–H groups in total. The molecule has 0 fully saturated rings. The Kier molecular flexibility index (Phi) is 4.85. The standard InChI is InChI=1S/C24H23N3O/c1-17-6-5-9-19(12-17)16-27-22-11-10-21(25)13-20(22)14-23(27)24(28)26-15-18-7-3-2-4-8-18/h2-14H,15-16,25H2,1H3,(H,26,28). The average Bonchev–Trinajstić information content (AvgIpc) is 3.04. The molecule has 28 heavy (non-hydrogen) atoms. The van der Waals surface area contributed by atoms with Gasteiger partial charge in [-0.25, -0.2) is 0 Å². The zero-order chi connectivity index (χ0) is 19.5. The molecule has 0 spiro atoms. The highest BCUT2D eigenvalue weighted by atomic mass is 16.1. The third-order valence-corrected chi connectivity index (χ3v) is 4.88. The number of carbonyl (C=O) groups is 1. The van der Waals surface area contributed by atoms with E-state index in [1.54, 1.807) is 0 Å². The number of hydrogen-bond donors (Lipinski definition) is 2. The van der Waals surface area contributed by atoms with Gasteiger partial charge in [0, 0.05) is 29.7 Å². The van der Waals surface area contributed by atoms with E-state index in [-0.39, 0.29) is 5.91 Å². The molecule has 4 aromatic rings. The van der Waals surface area contributed by atoms with Gasteiger partial charge in [-0.3, -0.25) is 4.79 Å². The van der Waals surface area contributed by atoms with E-state index in [2.05, 4.69) is 35.0 Å². The van der Waals surface area contributed by atoms with E-state index in [9.17, 15) is 4.79 Å². The topological polar surface area (TPSA) is 60.0 Å². The van der Waals surface area contributed by atoms with E-state index < -0.39 is 0 Å². The molecule has 4 heteroatoms. The minimum atomic E-state index is -0.0914. The first-order chi connectivity index (χ1) is 13.6. The molecule has 4 nitrogen and oxygen atoms in total. The van der Waals surface area contributed by atoms with Crippen LogP contribution < -0.4 is 11.1 Å². The van der Waals surface area contributed by atoms with Crippen molar-refractivity contribution >= 4 is 22.5 Å². The van der Waals surface area contributed by atoms with Crippen LogP contribution >= 0.6 is 0 Å². The molecule has 0 unspecified atom stereocenters. The lowest BCUT2D eigenvalue weighted by Gasteiger charge is -2.12. The average molecular weight is 369 g/mol. The molecule has 0 aliphatic heterocycles. The lowest BCUT2D eigenvalue weighted by molar-refractivity contribution is 0.0942. The normalized spacial score (nSPS) is 10.9. The summed E-state index contributed by atoms with van der Waals surface area (Å²) in [7, 11) is 0. The van der Waals surface area contributed by atoms with Crippen LogP contribution in [-0.2, 0) is 13.1 Å². The van der Waals surface area contributed by atoms with Crippen LogP contribution in [0.3, 0.4) is 0 Å². The zero-order valence-corrected chi connectivity index (χ0v) is 15.9. The Balaban J connectivity index is 1.68. The smallest absolute Gasteiger partial charge is 0.268 e. The minimum absolute atomic E-state index is 0.0914. The SMILES string of the molecule is Cc1cccc(Cn2c(C(=O)NCc3ccccc3)cc3cc(N)ccc32)c1. The van der Waals surface area contributed by atoms with Gasteiger partial charge in [-0.2, -0.15) is 0 Å². The van der Waals surface area contributed by atoms with Gasteiger partial charge in [0.15, 0.2) is 0 Å². The molecule has 0 bridgehead atoms. The summed E-state index contributed by atoms with van der Waals surface area (Å²) >= 11 is 0. The number of aromatic nitrogens is 1. The monoisotopic (exact) mass is 369 g/mol. The highest BCUT2D eigenvalue weighted by Gasteiger charge is 2.16. The number of nitrogen functional groups attached to an aromatic ring is 1. The van der Waals surface area contributed by atoms with Crippen LogP contribution in [0.5, 0.6) is 0 Å². The number of anilines is 1. The quantitative estimate of drug-likeness (QED) is 0.509. The predicted molar refractivity (Wildman–Crippen MR) is 114 cm³/mol. The Morgan fingerprint density at radius 3 is 2.50 bits per heavy atom. The van der Waals surface area contributed by atoms with E-state index in [0.29, 0.717) is 24.5 Å².